The molecule has 0 aliphatic heterocycles. The minimum absolute atomic E-state index is 0.0744. The first-order valence-corrected chi connectivity index (χ1v) is 6.63. The fourth-order valence-corrected chi connectivity index (χ4v) is 2.77. The van der Waals surface area contributed by atoms with Crippen molar-refractivity contribution in [2.75, 3.05) is 0 Å². The van der Waals surface area contributed by atoms with Gasteiger partial charge in [0.15, 0.2) is 0 Å². The molecule has 1 aromatic carbocycles. The average Bonchev–Trinajstić information content (AvgIpc) is 2.37. The number of benzene rings is 1. The topological polar surface area (TPSA) is 45.8 Å². The van der Waals surface area contributed by atoms with E-state index in [1.54, 1.807) is 6.07 Å². The van der Waals surface area contributed by atoms with Crippen molar-refractivity contribution in [3.05, 3.63) is 63.7 Å². The molecule has 0 radical (unpaired) electrons. The van der Waals surface area contributed by atoms with Crippen LogP contribution in [0.5, 0.6) is 0 Å². The van der Waals surface area contributed by atoms with Crippen LogP contribution in [0.1, 0.15) is 17.0 Å². The number of fused-ring (bicyclic) bond motifs is 1. The number of pyridine rings is 2. The van der Waals surface area contributed by atoms with Crippen LogP contribution in [0.15, 0.2) is 41.2 Å². The van der Waals surface area contributed by atoms with Gasteiger partial charge in [-0.3, -0.25) is 9.78 Å². The zero-order valence-corrected chi connectivity index (χ0v) is 11.8. The lowest BCUT2D eigenvalue weighted by atomic mass is 9.97. The standard InChI is InChI=1S/C17H16N2O/c1-10-8-11(2)18-12(3)17(10)14-4-6-15-13(9-14)5-7-16(20)19-15/h4-9H,1-3H3,(H,19,20). The predicted molar refractivity (Wildman–Crippen MR) is 82.0 cm³/mol. The van der Waals surface area contributed by atoms with Gasteiger partial charge in [-0.15, -0.1) is 0 Å². The highest BCUT2D eigenvalue weighted by Gasteiger charge is 2.08. The summed E-state index contributed by atoms with van der Waals surface area (Å²) in [4.78, 5) is 18.7. The summed E-state index contributed by atoms with van der Waals surface area (Å²) < 4.78 is 0. The van der Waals surface area contributed by atoms with E-state index in [1.165, 1.54) is 11.1 Å². The lowest BCUT2D eigenvalue weighted by molar-refractivity contribution is 1.11. The SMILES string of the molecule is Cc1cc(C)c(-c2ccc3[nH]c(=O)ccc3c2)c(C)n1. The summed E-state index contributed by atoms with van der Waals surface area (Å²) in [5.41, 5.74) is 6.38. The third-order valence-corrected chi connectivity index (χ3v) is 3.54. The fourth-order valence-electron chi connectivity index (χ4n) is 2.77. The predicted octanol–water partition coefficient (Wildman–Crippen LogP) is 3.52. The minimum Gasteiger partial charge on any atom is -0.322 e. The normalized spacial score (nSPS) is 10.9. The zero-order chi connectivity index (χ0) is 14.3. The van der Waals surface area contributed by atoms with Crippen LogP contribution in [0.2, 0.25) is 0 Å². The number of aromatic nitrogens is 2. The van der Waals surface area contributed by atoms with Gasteiger partial charge in [0, 0.05) is 28.5 Å². The van der Waals surface area contributed by atoms with Crippen LogP contribution in [0.4, 0.5) is 0 Å². The third-order valence-electron chi connectivity index (χ3n) is 3.54. The van der Waals surface area contributed by atoms with E-state index in [0.29, 0.717) is 0 Å². The van der Waals surface area contributed by atoms with Crippen LogP contribution in [-0.4, -0.2) is 9.97 Å². The molecular formula is C17H16N2O. The van der Waals surface area contributed by atoms with Gasteiger partial charge in [-0.2, -0.15) is 0 Å². The maximum Gasteiger partial charge on any atom is 0.248 e. The Morgan fingerprint density at radius 3 is 2.55 bits per heavy atom. The Kier molecular flexibility index (Phi) is 2.90. The summed E-state index contributed by atoms with van der Waals surface area (Å²) in [6.45, 7) is 6.15. The number of aryl methyl sites for hydroxylation is 3. The first-order chi connectivity index (χ1) is 9.54. The highest BCUT2D eigenvalue weighted by atomic mass is 16.1. The molecule has 3 rings (SSSR count). The maximum absolute atomic E-state index is 11.3. The molecule has 3 aromatic rings. The summed E-state index contributed by atoms with van der Waals surface area (Å²) in [6.07, 6.45) is 0. The largest absolute Gasteiger partial charge is 0.322 e. The summed E-state index contributed by atoms with van der Waals surface area (Å²) in [7, 11) is 0. The highest BCUT2D eigenvalue weighted by molar-refractivity contribution is 5.85. The second-order valence-electron chi connectivity index (χ2n) is 5.17. The molecule has 3 heteroatoms. The van der Waals surface area contributed by atoms with E-state index in [9.17, 15) is 4.79 Å². The van der Waals surface area contributed by atoms with Crippen molar-refractivity contribution in [3.63, 3.8) is 0 Å². The van der Waals surface area contributed by atoms with Crippen molar-refractivity contribution in [1.82, 2.24) is 9.97 Å². The summed E-state index contributed by atoms with van der Waals surface area (Å²) in [5.74, 6) is 0. The van der Waals surface area contributed by atoms with Gasteiger partial charge in [0.25, 0.3) is 0 Å². The zero-order valence-electron chi connectivity index (χ0n) is 11.8. The Hall–Kier alpha value is -2.42. The first kappa shape index (κ1) is 12.6. The second-order valence-corrected chi connectivity index (χ2v) is 5.17. The molecule has 0 fully saturated rings. The van der Waals surface area contributed by atoms with E-state index < -0.39 is 0 Å². The van der Waals surface area contributed by atoms with E-state index in [1.807, 2.05) is 32.0 Å². The van der Waals surface area contributed by atoms with Crippen LogP contribution in [0, 0.1) is 20.8 Å². The van der Waals surface area contributed by atoms with Gasteiger partial charge < -0.3 is 4.98 Å². The number of hydrogen-bond donors (Lipinski definition) is 1. The molecule has 3 nitrogen and oxygen atoms in total. The van der Waals surface area contributed by atoms with E-state index in [-0.39, 0.29) is 5.56 Å². The quantitative estimate of drug-likeness (QED) is 0.731. The first-order valence-electron chi connectivity index (χ1n) is 6.63. The Morgan fingerprint density at radius 2 is 1.80 bits per heavy atom. The number of nitrogens with zero attached hydrogens (tertiary/aromatic N) is 1. The van der Waals surface area contributed by atoms with Gasteiger partial charge in [0.2, 0.25) is 5.56 Å². The van der Waals surface area contributed by atoms with Gasteiger partial charge in [0.1, 0.15) is 0 Å². The van der Waals surface area contributed by atoms with Crippen molar-refractivity contribution in [1.29, 1.82) is 0 Å². The van der Waals surface area contributed by atoms with Gasteiger partial charge in [-0.05, 0) is 61.5 Å². The van der Waals surface area contributed by atoms with Crippen molar-refractivity contribution < 1.29 is 0 Å². The lowest BCUT2D eigenvalue weighted by Gasteiger charge is -2.11. The molecule has 0 bridgehead atoms. The van der Waals surface area contributed by atoms with E-state index in [2.05, 4.69) is 29.0 Å². The molecule has 0 saturated carbocycles. The molecule has 0 saturated heterocycles. The molecule has 1 N–H and O–H groups in total. The molecule has 0 spiro atoms. The van der Waals surface area contributed by atoms with Gasteiger partial charge in [-0.25, -0.2) is 0 Å². The number of aromatic amines is 1. The summed E-state index contributed by atoms with van der Waals surface area (Å²) in [5, 5.41) is 1.03. The molecule has 0 aliphatic rings. The Bertz CT molecular complexity index is 839. The smallest absolute Gasteiger partial charge is 0.248 e. The molecule has 2 heterocycles. The minimum atomic E-state index is -0.0744. The highest BCUT2D eigenvalue weighted by Crippen LogP contribution is 2.28. The van der Waals surface area contributed by atoms with Crippen LogP contribution in [0.3, 0.4) is 0 Å². The molecule has 0 atom stereocenters. The van der Waals surface area contributed by atoms with Crippen LogP contribution < -0.4 is 5.56 Å². The average molecular weight is 264 g/mol. The second kappa shape index (κ2) is 4.60. The Balaban J connectivity index is 2.25. The third kappa shape index (κ3) is 2.11. The molecule has 0 unspecified atom stereocenters. The van der Waals surface area contributed by atoms with Crippen molar-refractivity contribution in [2.45, 2.75) is 20.8 Å². The van der Waals surface area contributed by atoms with Crippen molar-refractivity contribution in [2.24, 2.45) is 0 Å². The van der Waals surface area contributed by atoms with E-state index in [4.69, 9.17) is 0 Å². The van der Waals surface area contributed by atoms with Crippen LogP contribution in [-0.2, 0) is 0 Å². The number of hydrogen-bond acceptors (Lipinski definition) is 2. The van der Waals surface area contributed by atoms with Crippen molar-refractivity contribution >= 4 is 10.9 Å². The van der Waals surface area contributed by atoms with Crippen molar-refractivity contribution in [3.8, 4) is 11.1 Å². The molecular weight excluding hydrogens is 248 g/mol. The lowest BCUT2D eigenvalue weighted by Crippen LogP contribution is -2.02. The van der Waals surface area contributed by atoms with Gasteiger partial charge in [0.05, 0.1) is 0 Å². The Morgan fingerprint density at radius 1 is 1.00 bits per heavy atom. The van der Waals surface area contributed by atoms with Gasteiger partial charge in [-0.1, -0.05) is 6.07 Å². The number of rotatable bonds is 1. The maximum atomic E-state index is 11.3. The van der Waals surface area contributed by atoms with Gasteiger partial charge >= 0.3 is 0 Å². The molecule has 0 aliphatic carbocycles. The molecule has 2 aromatic heterocycles. The van der Waals surface area contributed by atoms with E-state index >= 15 is 0 Å². The van der Waals surface area contributed by atoms with Crippen LogP contribution >= 0.6 is 0 Å². The monoisotopic (exact) mass is 264 g/mol. The summed E-state index contributed by atoms with van der Waals surface area (Å²) in [6, 6.07) is 11.6. The molecule has 100 valence electrons. The van der Waals surface area contributed by atoms with E-state index in [0.717, 1.165) is 27.9 Å². The molecule has 20 heavy (non-hydrogen) atoms. The summed E-state index contributed by atoms with van der Waals surface area (Å²) >= 11 is 0. The number of nitrogens with one attached hydrogen (secondary N) is 1. The Labute approximate surface area is 117 Å². The number of H-pyrrole nitrogens is 1. The van der Waals surface area contributed by atoms with Crippen LogP contribution in [0.25, 0.3) is 22.0 Å². The molecule has 0 amide bonds. The fraction of sp³-hybridized carbons (Fsp3) is 0.176.